The van der Waals surface area contributed by atoms with E-state index in [9.17, 15) is 0 Å². The van der Waals surface area contributed by atoms with Crippen LogP contribution in [0.2, 0.25) is 0 Å². The van der Waals surface area contributed by atoms with E-state index < -0.39 is 0 Å². The van der Waals surface area contributed by atoms with Gasteiger partial charge in [-0.15, -0.1) is 0 Å². The molecule has 0 amide bonds. The van der Waals surface area contributed by atoms with Crippen molar-refractivity contribution in [1.29, 1.82) is 0 Å². The Kier molecular flexibility index (Phi) is 3.74. The monoisotopic (exact) mass is 182 g/mol. The van der Waals surface area contributed by atoms with Crippen molar-refractivity contribution in [1.82, 2.24) is 14.8 Å². The van der Waals surface area contributed by atoms with Crippen molar-refractivity contribution in [2.24, 2.45) is 5.11 Å². The van der Waals surface area contributed by atoms with Crippen molar-refractivity contribution in [3.63, 3.8) is 0 Å². The van der Waals surface area contributed by atoms with E-state index in [0.717, 1.165) is 0 Å². The fourth-order valence-electron chi connectivity index (χ4n) is 0.790. The van der Waals surface area contributed by atoms with Crippen molar-refractivity contribution in [3.05, 3.63) is 23.1 Å². The highest BCUT2D eigenvalue weighted by molar-refractivity contribution is 4.58. The Morgan fingerprint density at radius 1 is 1.77 bits per heavy atom. The molecular formula is C6H10N6O. The molecule has 0 fully saturated rings. The first kappa shape index (κ1) is 9.50. The zero-order valence-electron chi connectivity index (χ0n) is 7.24. The molecule has 1 atom stereocenters. The largest absolute Gasteiger partial charge is 0.357 e. The predicted octanol–water partition coefficient (Wildman–Crippen LogP) is 1.12. The van der Waals surface area contributed by atoms with Crippen LogP contribution in [-0.4, -0.2) is 27.9 Å². The van der Waals surface area contributed by atoms with Crippen LogP contribution in [0.5, 0.6) is 0 Å². The highest BCUT2D eigenvalue weighted by Crippen LogP contribution is 2.02. The van der Waals surface area contributed by atoms with E-state index in [1.165, 1.54) is 6.33 Å². The molecule has 1 aromatic heterocycles. The highest BCUT2D eigenvalue weighted by Gasteiger charge is 2.02. The molecule has 1 unspecified atom stereocenters. The average Bonchev–Trinajstić information content (AvgIpc) is 2.65. The quantitative estimate of drug-likeness (QED) is 0.296. The summed E-state index contributed by atoms with van der Waals surface area (Å²) in [6, 6.07) is 0. The standard InChI is InChI=1S/C6H10N6O/c1-6(12-5-8-4-10-12)13-3-2-9-11-7/h4-6H,2-3H2,1H3. The molecule has 0 aliphatic carbocycles. The maximum atomic E-state index is 7.99. The molecule has 0 bridgehead atoms. The summed E-state index contributed by atoms with van der Waals surface area (Å²) in [4.78, 5) is 6.38. The Balaban J connectivity index is 2.26. The third-order valence-electron chi connectivity index (χ3n) is 1.42. The molecule has 1 rings (SSSR count). The Hall–Kier alpha value is -1.59. The Morgan fingerprint density at radius 3 is 3.23 bits per heavy atom. The van der Waals surface area contributed by atoms with Gasteiger partial charge >= 0.3 is 0 Å². The van der Waals surface area contributed by atoms with Gasteiger partial charge in [-0.1, -0.05) is 5.11 Å². The molecule has 0 saturated heterocycles. The van der Waals surface area contributed by atoms with Crippen LogP contribution < -0.4 is 0 Å². The minimum atomic E-state index is -0.184. The molecule has 0 aliphatic heterocycles. The Morgan fingerprint density at radius 2 is 2.62 bits per heavy atom. The van der Waals surface area contributed by atoms with Crippen LogP contribution in [0.15, 0.2) is 17.8 Å². The smallest absolute Gasteiger partial charge is 0.149 e. The van der Waals surface area contributed by atoms with Gasteiger partial charge in [0.25, 0.3) is 0 Å². The zero-order chi connectivity index (χ0) is 9.52. The summed E-state index contributed by atoms with van der Waals surface area (Å²) in [5.74, 6) is 0. The molecule has 7 nitrogen and oxygen atoms in total. The third kappa shape index (κ3) is 3.10. The van der Waals surface area contributed by atoms with Gasteiger partial charge in [-0.2, -0.15) is 5.10 Å². The lowest BCUT2D eigenvalue weighted by atomic mass is 10.6. The van der Waals surface area contributed by atoms with Gasteiger partial charge < -0.3 is 4.74 Å². The van der Waals surface area contributed by atoms with E-state index in [0.29, 0.717) is 13.2 Å². The average molecular weight is 182 g/mol. The fourth-order valence-corrected chi connectivity index (χ4v) is 0.790. The summed E-state index contributed by atoms with van der Waals surface area (Å²) in [5, 5.41) is 7.23. The van der Waals surface area contributed by atoms with Crippen molar-refractivity contribution in [3.8, 4) is 0 Å². The highest BCUT2D eigenvalue weighted by atomic mass is 16.5. The number of hydrogen-bond acceptors (Lipinski definition) is 4. The van der Waals surface area contributed by atoms with E-state index in [1.54, 1.807) is 11.0 Å². The second-order valence-corrected chi connectivity index (χ2v) is 2.30. The van der Waals surface area contributed by atoms with Crippen molar-refractivity contribution in [2.45, 2.75) is 13.2 Å². The summed E-state index contributed by atoms with van der Waals surface area (Å²) < 4.78 is 6.86. The minimum Gasteiger partial charge on any atom is -0.357 e. The number of azide groups is 1. The maximum Gasteiger partial charge on any atom is 0.149 e. The zero-order valence-corrected chi connectivity index (χ0v) is 7.24. The predicted molar refractivity (Wildman–Crippen MR) is 44.7 cm³/mol. The number of nitrogens with zero attached hydrogens (tertiary/aromatic N) is 6. The molecule has 1 heterocycles. The molecule has 0 aliphatic rings. The van der Waals surface area contributed by atoms with Crippen molar-refractivity contribution < 1.29 is 4.74 Å². The Labute approximate surface area is 75.0 Å². The molecule has 70 valence electrons. The Bertz CT molecular complexity index is 277. The van der Waals surface area contributed by atoms with Gasteiger partial charge in [0.1, 0.15) is 18.9 Å². The SMILES string of the molecule is CC(OCCN=[N+]=[N-])n1cncn1. The molecule has 13 heavy (non-hydrogen) atoms. The first-order chi connectivity index (χ1) is 6.34. The molecule has 7 heteroatoms. The lowest BCUT2D eigenvalue weighted by Crippen LogP contribution is -2.11. The molecular weight excluding hydrogens is 172 g/mol. The summed E-state index contributed by atoms with van der Waals surface area (Å²) >= 11 is 0. The lowest BCUT2D eigenvalue weighted by molar-refractivity contribution is 0.0124. The first-order valence-corrected chi connectivity index (χ1v) is 3.81. The molecule has 0 saturated carbocycles. The van der Waals surface area contributed by atoms with Crippen LogP contribution in [0.25, 0.3) is 10.4 Å². The van der Waals surface area contributed by atoms with Gasteiger partial charge in [-0.05, 0) is 12.5 Å². The van der Waals surface area contributed by atoms with Gasteiger partial charge in [0.05, 0.1) is 6.61 Å². The van der Waals surface area contributed by atoms with Crippen LogP contribution in [0, 0.1) is 0 Å². The van der Waals surface area contributed by atoms with Gasteiger partial charge in [0, 0.05) is 11.5 Å². The van der Waals surface area contributed by atoms with Gasteiger partial charge in [0.15, 0.2) is 0 Å². The molecule has 0 radical (unpaired) electrons. The summed E-state index contributed by atoms with van der Waals surface area (Å²) in [6.07, 6.45) is 2.82. The fraction of sp³-hybridized carbons (Fsp3) is 0.667. The molecule has 1 aromatic rings. The van der Waals surface area contributed by atoms with Crippen LogP contribution in [0.4, 0.5) is 0 Å². The number of ether oxygens (including phenoxy) is 1. The van der Waals surface area contributed by atoms with Crippen LogP contribution in [-0.2, 0) is 4.74 Å². The summed E-state index contributed by atoms with van der Waals surface area (Å²) in [7, 11) is 0. The molecule has 0 N–H and O–H groups in total. The number of aromatic nitrogens is 3. The lowest BCUT2D eigenvalue weighted by Gasteiger charge is -2.10. The molecule has 0 aromatic carbocycles. The normalized spacial score (nSPS) is 12.1. The third-order valence-corrected chi connectivity index (χ3v) is 1.42. The van der Waals surface area contributed by atoms with E-state index in [4.69, 9.17) is 10.3 Å². The first-order valence-electron chi connectivity index (χ1n) is 3.81. The molecule has 0 spiro atoms. The van der Waals surface area contributed by atoms with E-state index in [2.05, 4.69) is 20.1 Å². The second kappa shape index (κ2) is 5.13. The minimum absolute atomic E-state index is 0.184. The van der Waals surface area contributed by atoms with Crippen LogP contribution in [0.1, 0.15) is 13.2 Å². The number of hydrogen-bond donors (Lipinski definition) is 0. The second-order valence-electron chi connectivity index (χ2n) is 2.30. The van der Waals surface area contributed by atoms with Gasteiger partial charge in [-0.3, -0.25) is 0 Å². The van der Waals surface area contributed by atoms with E-state index in [-0.39, 0.29) is 6.23 Å². The maximum absolute atomic E-state index is 7.99. The topological polar surface area (TPSA) is 88.7 Å². The van der Waals surface area contributed by atoms with Gasteiger partial charge in [-0.25, -0.2) is 9.67 Å². The van der Waals surface area contributed by atoms with Crippen molar-refractivity contribution >= 4 is 0 Å². The van der Waals surface area contributed by atoms with E-state index >= 15 is 0 Å². The van der Waals surface area contributed by atoms with Crippen LogP contribution in [0.3, 0.4) is 0 Å². The summed E-state index contributed by atoms with van der Waals surface area (Å²) in [5.41, 5.74) is 7.99. The number of rotatable bonds is 5. The summed E-state index contributed by atoms with van der Waals surface area (Å²) in [6.45, 7) is 2.55. The van der Waals surface area contributed by atoms with Crippen molar-refractivity contribution in [2.75, 3.05) is 13.2 Å². The van der Waals surface area contributed by atoms with E-state index in [1.807, 2.05) is 6.92 Å². The van der Waals surface area contributed by atoms with Gasteiger partial charge in [0.2, 0.25) is 0 Å². The van der Waals surface area contributed by atoms with Crippen LogP contribution >= 0.6 is 0 Å².